The fourth-order valence-corrected chi connectivity index (χ4v) is 3.82. The van der Waals surface area contributed by atoms with Gasteiger partial charge in [-0.15, -0.1) is 0 Å². The van der Waals surface area contributed by atoms with Crippen LogP contribution in [0.25, 0.3) is 0 Å². The van der Waals surface area contributed by atoms with Crippen LogP contribution in [-0.2, 0) is 9.84 Å². The molecule has 2 atom stereocenters. The third-order valence-electron chi connectivity index (χ3n) is 3.64. The first-order valence-electron chi connectivity index (χ1n) is 7.32. The van der Waals surface area contributed by atoms with Crippen molar-refractivity contribution in [3.63, 3.8) is 0 Å². The van der Waals surface area contributed by atoms with Gasteiger partial charge in [0.15, 0.2) is 9.84 Å². The number of benzene rings is 1. The van der Waals surface area contributed by atoms with E-state index in [-0.39, 0.29) is 17.8 Å². The second-order valence-corrected chi connectivity index (χ2v) is 7.32. The van der Waals surface area contributed by atoms with Crippen LogP contribution in [0.1, 0.15) is 44.2 Å². The summed E-state index contributed by atoms with van der Waals surface area (Å²) in [7, 11) is -2.99. The van der Waals surface area contributed by atoms with Crippen molar-refractivity contribution in [3.8, 4) is 0 Å². The van der Waals surface area contributed by atoms with E-state index in [1.807, 2.05) is 18.2 Å². The monoisotopic (exact) mass is 293 g/mol. The molecule has 110 valence electrons. The van der Waals surface area contributed by atoms with Crippen molar-refractivity contribution in [2.45, 2.75) is 44.7 Å². The van der Waals surface area contributed by atoms with E-state index in [0.29, 0.717) is 0 Å². The van der Waals surface area contributed by atoms with E-state index < -0.39 is 9.84 Å². The first-order valence-corrected chi connectivity index (χ1v) is 9.04. The Morgan fingerprint density at radius 2 is 2.00 bits per heavy atom. The van der Waals surface area contributed by atoms with Crippen molar-refractivity contribution in [3.05, 3.63) is 47.4 Å². The topological polar surface area (TPSA) is 46.2 Å². The number of rotatable bonds is 7. The molecule has 0 saturated carbocycles. The highest BCUT2D eigenvalue weighted by Crippen LogP contribution is 2.22. The van der Waals surface area contributed by atoms with Gasteiger partial charge in [0.2, 0.25) is 0 Å². The van der Waals surface area contributed by atoms with Crippen molar-refractivity contribution in [2.24, 2.45) is 0 Å². The van der Waals surface area contributed by atoms with Crippen LogP contribution in [0.4, 0.5) is 0 Å². The van der Waals surface area contributed by atoms with E-state index in [1.165, 1.54) is 23.8 Å². The molecule has 0 fully saturated rings. The molecule has 1 aromatic rings. The fourth-order valence-electron chi connectivity index (χ4n) is 2.57. The first-order chi connectivity index (χ1) is 9.61. The zero-order valence-corrected chi connectivity index (χ0v) is 12.8. The molecule has 1 aliphatic heterocycles. The lowest BCUT2D eigenvalue weighted by atomic mass is 9.99. The molecule has 1 N–H and O–H groups in total. The van der Waals surface area contributed by atoms with Gasteiger partial charge in [-0.2, -0.15) is 0 Å². The minimum atomic E-state index is -2.99. The molecule has 0 bridgehead atoms. The summed E-state index contributed by atoms with van der Waals surface area (Å²) in [6.07, 6.45) is 6.38. The molecule has 1 aliphatic rings. The van der Waals surface area contributed by atoms with Crippen molar-refractivity contribution in [2.75, 3.05) is 5.75 Å². The molecule has 0 saturated heterocycles. The molecule has 0 aromatic heterocycles. The first kappa shape index (κ1) is 15.3. The summed E-state index contributed by atoms with van der Waals surface area (Å²) < 4.78 is 23.0. The molecule has 0 amide bonds. The fraction of sp³-hybridized carbons (Fsp3) is 0.500. The molecule has 1 heterocycles. The highest BCUT2D eigenvalue weighted by Gasteiger charge is 2.24. The quantitative estimate of drug-likeness (QED) is 0.785. The molecule has 1 aromatic carbocycles. The van der Waals surface area contributed by atoms with Gasteiger partial charge in [0.05, 0.1) is 5.75 Å². The average Bonchev–Trinajstić information content (AvgIpc) is 2.78. The van der Waals surface area contributed by atoms with Crippen molar-refractivity contribution < 1.29 is 8.42 Å². The summed E-state index contributed by atoms with van der Waals surface area (Å²) >= 11 is 0. The molecule has 4 heteroatoms. The van der Waals surface area contributed by atoms with Gasteiger partial charge in [-0.05, 0) is 12.0 Å². The number of unbranched alkanes of at least 4 members (excludes halogenated alkanes) is 2. The summed E-state index contributed by atoms with van der Waals surface area (Å²) in [5.41, 5.74) is 1.24. The second kappa shape index (κ2) is 7.04. The number of sulfone groups is 1. The van der Waals surface area contributed by atoms with Gasteiger partial charge in [0.25, 0.3) is 0 Å². The van der Waals surface area contributed by atoms with E-state index in [0.717, 1.165) is 12.8 Å². The highest BCUT2D eigenvalue weighted by molar-refractivity contribution is 7.94. The lowest BCUT2D eigenvalue weighted by molar-refractivity contribution is 0.455. The minimum absolute atomic E-state index is 0.0631. The Kier molecular flexibility index (Phi) is 5.38. The Bertz CT molecular complexity index is 537. The summed E-state index contributed by atoms with van der Waals surface area (Å²) in [6, 6.07) is 10.5. The van der Waals surface area contributed by atoms with Crippen LogP contribution < -0.4 is 5.32 Å². The molecular formula is C16H23NO2S. The van der Waals surface area contributed by atoms with Gasteiger partial charge in [0, 0.05) is 17.5 Å². The van der Waals surface area contributed by atoms with Gasteiger partial charge in [-0.3, -0.25) is 0 Å². The van der Waals surface area contributed by atoms with Crippen molar-refractivity contribution in [1.82, 2.24) is 5.32 Å². The van der Waals surface area contributed by atoms with Crippen molar-refractivity contribution >= 4 is 9.84 Å². The lowest BCUT2D eigenvalue weighted by Gasteiger charge is -2.22. The predicted octanol–water partition coefficient (Wildman–Crippen LogP) is 3.21. The number of hydrogen-bond donors (Lipinski definition) is 1. The van der Waals surface area contributed by atoms with Crippen LogP contribution >= 0.6 is 0 Å². The van der Waals surface area contributed by atoms with Crippen LogP contribution in [0.2, 0.25) is 0 Å². The Labute approximate surface area is 122 Å². The molecule has 20 heavy (non-hydrogen) atoms. The molecular weight excluding hydrogens is 270 g/mol. The van der Waals surface area contributed by atoms with E-state index in [9.17, 15) is 8.42 Å². The van der Waals surface area contributed by atoms with Gasteiger partial charge in [-0.1, -0.05) is 62.6 Å². The molecule has 3 nitrogen and oxygen atoms in total. The Balaban J connectivity index is 2.02. The Morgan fingerprint density at radius 1 is 1.25 bits per heavy atom. The van der Waals surface area contributed by atoms with Crippen LogP contribution in [-0.4, -0.2) is 20.2 Å². The zero-order chi connectivity index (χ0) is 14.4. The summed E-state index contributed by atoms with van der Waals surface area (Å²) in [5.74, 6) is 0.185. The van der Waals surface area contributed by atoms with Crippen LogP contribution in [0, 0.1) is 0 Å². The number of nitrogens with one attached hydrogen (secondary N) is 1. The molecule has 0 aliphatic carbocycles. The second-order valence-electron chi connectivity index (χ2n) is 5.39. The van der Waals surface area contributed by atoms with E-state index in [2.05, 4.69) is 24.4 Å². The Morgan fingerprint density at radius 3 is 2.60 bits per heavy atom. The smallest absolute Gasteiger partial charge is 0.173 e. The third kappa shape index (κ3) is 4.46. The predicted molar refractivity (Wildman–Crippen MR) is 83.2 cm³/mol. The van der Waals surface area contributed by atoms with E-state index >= 15 is 0 Å². The highest BCUT2D eigenvalue weighted by atomic mass is 32.2. The zero-order valence-electron chi connectivity index (χ0n) is 12.0. The van der Waals surface area contributed by atoms with Crippen molar-refractivity contribution in [1.29, 1.82) is 0 Å². The number of hydrogen-bond acceptors (Lipinski definition) is 3. The minimum Gasteiger partial charge on any atom is -0.303 e. The van der Waals surface area contributed by atoms with E-state index in [1.54, 1.807) is 6.08 Å². The molecule has 2 rings (SSSR count). The van der Waals surface area contributed by atoms with Crippen LogP contribution in [0.5, 0.6) is 0 Å². The maximum absolute atomic E-state index is 11.5. The summed E-state index contributed by atoms with van der Waals surface area (Å²) in [5, 5.41) is 4.81. The standard InChI is InChI=1S/C16H23NO2S/c1-2-3-5-10-16(14-8-6-4-7-9-14)17-15-11-12-20(18,19)13-15/h4,6-9,11-12,15-17H,2-3,5,10,13H2,1H3. The van der Waals surface area contributed by atoms with Crippen LogP contribution in [0.3, 0.4) is 0 Å². The average molecular weight is 293 g/mol. The van der Waals surface area contributed by atoms with Gasteiger partial charge < -0.3 is 5.32 Å². The summed E-state index contributed by atoms with van der Waals surface area (Å²) in [4.78, 5) is 0. The van der Waals surface area contributed by atoms with Crippen LogP contribution in [0.15, 0.2) is 41.8 Å². The normalized spacial score (nSPS) is 21.9. The molecule has 0 radical (unpaired) electrons. The third-order valence-corrected chi connectivity index (χ3v) is 5.04. The summed E-state index contributed by atoms with van der Waals surface area (Å²) in [6.45, 7) is 2.19. The lowest BCUT2D eigenvalue weighted by Crippen LogP contribution is -2.33. The van der Waals surface area contributed by atoms with Gasteiger partial charge in [0.1, 0.15) is 0 Å². The molecule has 0 spiro atoms. The molecule has 2 unspecified atom stereocenters. The largest absolute Gasteiger partial charge is 0.303 e. The van der Waals surface area contributed by atoms with Gasteiger partial charge >= 0.3 is 0 Å². The maximum Gasteiger partial charge on any atom is 0.173 e. The van der Waals surface area contributed by atoms with Gasteiger partial charge in [-0.25, -0.2) is 8.42 Å². The Hall–Kier alpha value is -1.13. The maximum atomic E-state index is 11.5. The SMILES string of the molecule is CCCCCC(NC1C=CS(=O)(=O)C1)c1ccccc1. The van der Waals surface area contributed by atoms with E-state index in [4.69, 9.17) is 0 Å².